The standard InChI is InChI=1S/C22H21NO7/c1-30-16-12-14(9-10-15(16)24)19-18(20(27)13-6-3-2-4-7-13)21(28)22(29)23(19)11-5-8-17(25)26/h2-4,6-7,9-10,12,19,24,27H,5,8,11H2,1H3,(H,25,26)/b20-18-. The van der Waals surface area contributed by atoms with Crippen LogP contribution in [-0.2, 0) is 14.4 Å². The Bertz CT molecular complexity index is 1010. The van der Waals surface area contributed by atoms with Gasteiger partial charge >= 0.3 is 5.97 Å². The maximum Gasteiger partial charge on any atom is 0.303 e. The summed E-state index contributed by atoms with van der Waals surface area (Å²) in [5.41, 5.74) is 0.711. The second kappa shape index (κ2) is 8.69. The molecule has 0 spiro atoms. The number of aliphatic hydroxyl groups excluding tert-OH is 1. The maximum atomic E-state index is 12.8. The number of rotatable bonds is 7. The van der Waals surface area contributed by atoms with E-state index in [0.29, 0.717) is 11.1 Å². The van der Waals surface area contributed by atoms with Crippen LogP contribution >= 0.6 is 0 Å². The van der Waals surface area contributed by atoms with E-state index in [2.05, 4.69) is 0 Å². The average molecular weight is 411 g/mol. The van der Waals surface area contributed by atoms with Crippen LogP contribution < -0.4 is 4.74 Å². The van der Waals surface area contributed by atoms with Crippen LogP contribution in [0.1, 0.15) is 30.0 Å². The third-order valence-electron chi connectivity index (χ3n) is 4.90. The Labute approximate surface area is 172 Å². The fraction of sp³-hybridized carbons (Fsp3) is 0.227. The Balaban J connectivity index is 2.13. The molecule has 1 atom stereocenters. The average Bonchev–Trinajstić information content (AvgIpc) is 2.99. The smallest absolute Gasteiger partial charge is 0.303 e. The van der Waals surface area contributed by atoms with Gasteiger partial charge in [0.05, 0.1) is 18.7 Å². The van der Waals surface area contributed by atoms with Crippen molar-refractivity contribution in [2.75, 3.05) is 13.7 Å². The third-order valence-corrected chi connectivity index (χ3v) is 4.90. The highest BCUT2D eigenvalue weighted by atomic mass is 16.5. The monoisotopic (exact) mass is 411 g/mol. The Kier molecular flexibility index (Phi) is 6.06. The van der Waals surface area contributed by atoms with Crippen molar-refractivity contribution in [1.29, 1.82) is 0 Å². The van der Waals surface area contributed by atoms with Crippen LogP contribution in [0.3, 0.4) is 0 Å². The van der Waals surface area contributed by atoms with E-state index in [1.807, 2.05) is 0 Å². The molecule has 3 N–H and O–H groups in total. The number of aliphatic hydroxyl groups is 1. The van der Waals surface area contributed by atoms with Crippen LogP contribution in [0.5, 0.6) is 11.5 Å². The number of carboxylic acids is 1. The molecule has 0 bridgehead atoms. The molecule has 1 aliphatic rings. The lowest BCUT2D eigenvalue weighted by Gasteiger charge is -2.25. The van der Waals surface area contributed by atoms with Gasteiger partial charge in [0.25, 0.3) is 11.7 Å². The number of nitrogens with zero attached hydrogens (tertiary/aromatic N) is 1. The summed E-state index contributed by atoms with van der Waals surface area (Å²) in [6.07, 6.45) is -0.0350. The summed E-state index contributed by atoms with van der Waals surface area (Å²) in [4.78, 5) is 37.7. The zero-order valence-corrected chi connectivity index (χ0v) is 16.2. The van der Waals surface area contributed by atoms with E-state index >= 15 is 0 Å². The molecule has 2 aromatic rings. The number of benzene rings is 2. The predicted molar refractivity (Wildman–Crippen MR) is 107 cm³/mol. The molecule has 0 saturated carbocycles. The van der Waals surface area contributed by atoms with Crippen LogP contribution in [0.4, 0.5) is 0 Å². The molecule has 0 radical (unpaired) electrons. The van der Waals surface area contributed by atoms with E-state index in [1.54, 1.807) is 30.3 Å². The number of ketones is 1. The molecule has 30 heavy (non-hydrogen) atoms. The molecule has 1 aliphatic heterocycles. The Morgan fingerprint density at radius 2 is 1.80 bits per heavy atom. The van der Waals surface area contributed by atoms with Gasteiger partial charge < -0.3 is 25.0 Å². The number of aliphatic carboxylic acids is 1. The molecular formula is C22H21NO7. The molecule has 1 heterocycles. The number of Topliss-reactive ketones (excluding diaryl/α,β-unsaturated/α-hetero) is 1. The van der Waals surface area contributed by atoms with Crippen molar-refractivity contribution in [3.05, 3.63) is 65.2 Å². The second-order valence-electron chi connectivity index (χ2n) is 6.79. The van der Waals surface area contributed by atoms with Gasteiger partial charge in [0.15, 0.2) is 11.5 Å². The molecule has 1 amide bonds. The number of likely N-dealkylation sites (tertiary alicyclic amines) is 1. The summed E-state index contributed by atoms with van der Waals surface area (Å²) in [6.45, 7) is 0.0102. The first-order chi connectivity index (χ1) is 14.3. The Hall–Kier alpha value is -3.81. The minimum absolute atomic E-state index is 0.0102. The van der Waals surface area contributed by atoms with E-state index < -0.39 is 23.7 Å². The number of phenols is 1. The first-order valence-electron chi connectivity index (χ1n) is 9.27. The van der Waals surface area contributed by atoms with Crippen molar-refractivity contribution < 1.29 is 34.4 Å². The second-order valence-corrected chi connectivity index (χ2v) is 6.79. The van der Waals surface area contributed by atoms with Gasteiger partial charge in [0.2, 0.25) is 0 Å². The topological polar surface area (TPSA) is 124 Å². The summed E-state index contributed by atoms with van der Waals surface area (Å²) in [5.74, 6) is -3.00. The molecule has 2 aromatic carbocycles. The highest BCUT2D eigenvalue weighted by molar-refractivity contribution is 6.46. The molecule has 8 nitrogen and oxygen atoms in total. The number of carbonyl (C=O) groups is 3. The number of hydrogen-bond acceptors (Lipinski definition) is 6. The summed E-state index contributed by atoms with van der Waals surface area (Å²) >= 11 is 0. The van der Waals surface area contributed by atoms with Gasteiger partial charge in [-0.1, -0.05) is 36.4 Å². The van der Waals surface area contributed by atoms with Gasteiger partial charge in [-0.2, -0.15) is 0 Å². The third kappa shape index (κ3) is 3.98. The summed E-state index contributed by atoms with van der Waals surface area (Å²) < 4.78 is 5.13. The van der Waals surface area contributed by atoms with Crippen molar-refractivity contribution >= 4 is 23.4 Å². The molecule has 1 saturated heterocycles. The predicted octanol–water partition coefficient (Wildman–Crippen LogP) is 2.69. The SMILES string of the molecule is COc1cc(C2/C(=C(/O)c3ccccc3)C(=O)C(=O)N2CCCC(=O)O)ccc1O. The van der Waals surface area contributed by atoms with Crippen molar-refractivity contribution in [2.24, 2.45) is 0 Å². The van der Waals surface area contributed by atoms with E-state index in [9.17, 15) is 24.6 Å². The molecule has 156 valence electrons. The van der Waals surface area contributed by atoms with Crippen LogP contribution in [-0.4, -0.2) is 51.5 Å². The molecule has 0 aliphatic carbocycles. The minimum Gasteiger partial charge on any atom is -0.507 e. The van der Waals surface area contributed by atoms with E-state index in [-0.39, 0.29) is 42.2 Å². The van der Waals surface area contributed by atoms with Crippen LogP contribution in [0.15, 0.2) is 54.1 Å². The van der Waals surface area contributed by atoms with Gasteiger partial charge in [-0.25, -0.2) is 0 Å². The first kappa shape index (κ1) is 20.9. The highest BCUT2D eigenvalue weighted by Crippen LogP contribution is 2.41. The van der Waals surface area contributed by atoms with Crippen molar-refractivity contribution in [1.82, 2.24) is 4.90 Å². The first-order valence-corrected chi connectivity index (χ1v) is 9.27. The fourth-order valence-corrected chi connectivity index (χ4v) is 3.47. The lowest BCUT2D eigenvalue weighted by Crippen LogP contribution is -2.31. The van der Waals surface area contributed by atoms with Gasteiger partial charge in [-0.3, -0.25) is 14.4 Å². The number of carbonyl (C=O) groups excluding carboxylic acids is 2. The van der Waals surface area contributed by atoms with Crippen LogP contribution in [0, 0.1) is 0 Å². The van der Waals surface area contributed by atoms with Gasteiger partial charge in [0, 0.05) is 18.5 Å². The lowest BCUT2D eigenvalue weighted by atomic mass is 9.95. The van der Waals surface area contributed by atoms with Crippen molar-refractivity contribution in [3.8, 4) is 11.5 Å². The molecule has 1 unspecified atom stereocenters. The van der Waals surface area contributed by atoms with Gasteiger partial charge in [-0.05, 0) is 24.1 Å². The molecule has 3 rings (SSSR count). The quantitative estimate of drug-likeness (QED) is 0.363. The number of methoxy groups -OCH3 is 1. The summed E-state index contributed by atoms with van der Waals surface area (Å²) in [6, 6.07) is 11.8. The number of carboxylic acid groups (broad SMARTS) is 1. The number of aromatic hydroxyl groups is 1. The number of amides is 1. The number of ether oxygens (including phenoxy) is 1. The fourth-order valence-electron chi connectivity index (χ4n) is 3.47. The van der Waals surface area contributed by atoms with E-state index in [4.69, 9.17) is 9.84 Å². The number of phenolic OH excluding ortho intramolecular Hbond substituents is 1. The highest BCUT2D eigenvalue weighted by Gasteiger charge is 2.46. The molecule has 8 heteroatoms. The minimum atomic E-state index is -1.02. The van der Waals surface area contributed by atoms with Crippen LogP contribution in [0.25, 0.3) is 5.76 Å². The van der Waals surface area contributed by atoms with Crippen molar-refractivity contribution in [2.45, 2.75) is 18.9 Å². The normalized spacial score (nSPS) is 17.9. The van der Waals surface area contributed by atoms with Crippen molar-refractivity contribution in [3.63, 3.8) is 0 Å². The van der Waals surface area contributed by atoms with E-state index in [0.717, 1.165) is 0 Å². The van der Waals surface area contributed by atoms with E-state index in [1.165, 1.54) is 30.2 Å². The summed E-state index contributed by atoms with van der Waals surface area (Å²) in [7, 11) is 1.37. The zero-order valence-electron chi connectivity index (χ0n) is 16.2. The molecule has 1 fully saturated rings. The largest absolute Gasteiger partial charge is 0.507 e. The summed E-state index contributed by atoms with van der Waals surface area (Å²) in [5, 5.41) is 29.7. The van der Waals surface area contributed by atoms with Crippen LogP contribution in [0.2, 0.25) is 0 Å². The number of hydrogen-bond donors (Lipinski definition) is 3. The zero-order chi connectivity index (χ0) is 21.8. The van der Waals surface area contributed by atoms with Gasteiger partial charge in [-0.15, -0.1) is 0 Å². The lowest BCUT2D eigenvalue weighted by molar-refractivity contribution is -0.140. The Morgan fingerprint density at radius 1 is 1.10 bits per heavy atom. The molecular weight excluding hydrogens is 390 g/mol. The molecule has 0 aromatic heterocycles. The maximum absolute atomic E-state index is 12.8. The van der Waals surface area contributed by atoms with Gasteiger partial charge in [0.1, 0.15) is 5.76 Å². The Morgan fingerprint density at radius 3 is 2.43 bits per heavy atom.